The van der Waals surface area contributed by atoms with Gasteiger partial charge in [0.1, 0.15) is 11.6 Å². The number of ether oxygens (including phenoxy) is 2. The minimum absolute atomic E-state index is 0.158. The molecule has 9 heteroatoms. The molecular formula is C25H23N3O4S2. The van der Waals surface area contributed by atoms with Crippen molar-refractivity contribution in [2.75, 3.05) is 31.0 Å². The van der Waals surface area contributed by atoms with Crippen LogP contribution in [-0.4, -0.2) is 37.3 Å². The van der Waals surface area contributed by atoms with E-state index in [2.05, 4.69) is 10.6 Å². The molecule has 0 saturated carbocycles. The van der Waals surface area contributed by atoms with Crippen LogP contribution in [0.3, 0.4) is 0 Å². The Morgan fingerprint density at radius 3 is 2.47 bits per heavy atom. The van der Waals surface area contributed by atoms with Crippen LogP contribution in [0.15, 0.2) is 72.1 Å². The van der Waals surface area contributed by atoms with Crippen molar-refractivity contribution < 1.29 is 19.1 Å². The molecule has 2 amide bonds. The van der Waals surface area contributed by atoms with Gasteiger partial charge in [0, 0.05) is 28.9 Å². The second kappa shape index (κ2) is 11.6. The van der Waals surface area contributed by atoms with E-state index in [1.807, 2.05) is 47.8 Å². The van der Waals surface area contributed by atoms with Gasteiger partial charge >= 0.3 is 6.09 Å². The largest absolute Gasteiger partial charge is 0.447 e. The van der Waals surface area contributed by atoms with E-state index < -0.39 is 6.09 Å². The van der Waals surface area contributed by atoms with Gasteiger partial charge in [-0.15, -0.1) is 22.7 Å². The lowest BCUT2D eigenvalue weighted by Gasteiger charge is -2.09. The van der Waals surface area contributed by atoms with E-state index in [1.165, 1.54) is 18.4 Å². The number of anilines is 2. The molecule has 174 valence electrons. The summed E-state index contributed by atoms with van der Waals surface area (Å²) in [5.74, 6) is -0.166. The van der Waals surface area contributed by atoms with Crippen molar-refractivity contribution in [2.45, 2.75) is 6.42 Å². The Kier molecular flexibility index (Phi) is 8.03. The van der Waals surface area contributed by atoms with Crippen LogP contribution in [0, 0.1) is 0 Å². The third kappa shape index (κ3) is 6.28. The molecule has 0 saturated heterocycles. The predicted octanol–water partition coefficient (Wildman–Crippen LogP) is 5.91. The number of carbonyl (C=O) groups is 2. The smallest absolute Gasteiger partial charge is 0.411 e. The lowest BCUT2D eigenvalue weighted by Crippen LogP contribution is -2.17. The van der Waals surface area contributed by atoms with E-state index in [4.69, 9.17) is 14.5 Å². The molecule has 0 atom stereocenters. The highest BCUT2D eigenvalue weighted by Crippen LogP contribution is 2.36. The first-order valence-electron chi connectivity index (χ1n) is 10.5. The summed E-state index contributed by atoms with van der Waals surface area (Å²) in [6.07, 6.45) is -0.395. The summed E-state index contributed by atoms with van der Waals surface area (Å²) in [6, 6.07) is 20.8. The van der Waals surface area contributed by atoms with Crippen LogP contribution in [0.4, 0.5) is 16.2 Å². The van der Waals surface area contributed by atoms with E-state index in [0.717, 1.165) is 26.0 Å². The zero-order valence-electron chi connectivity index (χ0n) is 18.4. The Morgan fingerprint density at radius 2 is 1.74 bits per heavy atom. The minimum Gasteiger partial charge on any atom is -0.447 e. The van der Waals surface area contributed by atoms with E-state index in [1.54, 1.807) is 35.6 Å². The van der Waals surface area contributed by atoms with Crippen molar-refractivity contribution >= 4 is 46.0 Å². The highest BCUT2D eigenvalue weighted by molar-refractivity contribution is 7.17. The molecule has 7 nitrogen and oxygen atoms in total. The molecule has 0 aliphatic rings. The van der Waals surface area contributed by atoms with E-state index in [-0.39, 0.29) is 18.9 Å². The Bertz CT molecular complexity index is 1240. The molecule has 0 aliphatic heterocycles. The number of rotatable bonds is 9. The number of carbonyl (C=O) groups excluding carboxylic acids is 2. The summed E-state index contributed by atoms with van der Waals surface area (Å²) < 4.78 is 9.86. The van der Waals surface area contributed by atoms with Crippen LogP contribution >= 0.6 is 22.7 Å². The van der Waals surface area contributed by atoms with E-state index >= 15 is 0 Å². The maximum atomic E-state index is 12.9. The van der Waals surface area contributed by atoms with Gasteiger partial charge in [-0.25, -0.2) is 9.78 Å². The van der Waals surface area contributed by atoms with Crippen molar-refractivity contribution in [3.05, 3.63) is 77.0 Å². The molecule has 0 unspecified atom stereocenters. The monoisotopic (exact) mass is 493 g/mol. The van der Waals surface area contributed by atoms with Crippen molar-refractivity contribution in [1.82, 2.24) is 4.98 Å². The van der Waals surface area contributed by atoms with Crippen LogP contribution in [-0.2, 0) is 20.7 Å². The molecular weight excluding hydrogens is 470 g/mol. The second-order valence-electron chi connectivity index (χ2n) is 7.19. The first-order chi connectivity index (χ1) is 16.6. The molecule has 4 aromatic rings. The SMILES string of the molecule is COCCOC(=O)Nc1cccc(NC(=O)Cc2sc(-c3ccccc3)nc2-c2cccs2)c1. The zero-order valence-corrected chi connectivity index (χ0v) is 20.1. The fraction of sp³-hybridized carbons (Fsp3) is 0.160. The van der Waals surface area contributed by atoms with Crippen LogP contribution in [0.25, 0.3) is 21.1 Å². The normalized spacial score (nSPS) is 10.6. The van der Waals surface area contributed by atoms with Crippen molar-refractivity contribution in [2.24, 2.45) is 0 Å². The number of aromatic nitrogens is 1. The number of methoxy groups -OCH3 is 1. The zero-order chi connectivity index (χ0) is 23.8. The molecule has 0 fully saturated rings. The number of amides is 2. The van der Waals surface area contributed by atoms with Gasteiger partial charge in [0.2, 0.25) is 5.91 Å². The van der Waals surface area contributed by atoms with Crippen molar-refractivity contribution in [3.8, 4) is 21.1 Å². The molecule has 0 aliphatic carbocycles. The summed E-state index contributed by atoms with van der Waals surface area (Å²) in [5, 5.41) is 8.43. The first kappa shape index (κ1) is 23.6. The third-order valence-corrected chi connectivity index (χ3v) is 6.69. The van der Waals surface area contributed by atoms with Gasteiger partial charge in [0.25, 0.3) is 0 Å². The first-order valence-corrected chi connectivity index (χ1v) is 12.2. The van der Waals surface area contributed by atoms with Gasteiger partial charge in [-0.2, -0.15) is 0 Å². The third-order valence-electron chi connectivity index (χ3n) is 4.71. The molecule has 0 radical (unpaired) electrons. The van der Waals surface area contributed by atoms with Crippen LogP contribution < -0.4 is 10.6 Å². The molecule has 2 heterocycles. The number of hydrogen-bond donors (Lipinski definition) is 2. The highest BCUT2D eigenvalue weighted by Gasteiger charge is 2.18. The standard InChI is InChI=1S/C25H23N3O4S2/c1-31-12-13-32-25(30)27-19-10-5-9-18(15-19)26-22(29)16-21-23(20-11-6-14-33-20)28-24(34-21)17-7-3-2-4-8-17/h2-11,14-15H,12-13,16H2,1H3,(H,26,29)(H,27,30). The van der Waals surface area contributed by atoms with Gasteiger partial charge in [-0.1, -0.05) is 42.5 Å². The Balaban J connectivity index is 1.46. The van der Waals surface area contributed by atoms with Gasteiger partial charge < -0.3 is 14.8 Å². The number of thiazole rings is 1. The molecule has 2 aromatic heterocycles. The summed E-state index contributed by atoms with van der Waals surface area (Å²) in [6.45, 7) is 0.478. The van der Waals surface area contributed by atoms with Gasteiger partial charge in [0.05, 0.1) is 23.6 Å². The lowest BCUT2D eigenvalue weighted by molar-refractivity contribution is -0.115. The van der Waals surface area contributed by atoms with Crippen LogP contribution in [0.1, 0.15) is 4.88 Å². The number of nitrogens with zero attached hydrogens (tertiary/aromatic N) is 1. The summed E-state index contributed by atoms with van der Waals surface area (Å²) >= 11 is 3.12. The van der Waals surface area contributed by atoms with Crippen LogP contribution in [0.2, 0.25) is 0 Å². The van der Waals surface area contributed by atoms with Crippen molar-refractivity contribution in [3.63, 3.8) is 0 Å². The number of hydrogen-bond acceptors (Lipinski definition) is 7. The maximum Gasteiger partial charge on any atom is 0.411 e. The van der Waals surface area contributed by atoms with Gasteiger partial charge in [-0.05, 0) is 29.6 Å². The second-order valence-corrected chi connectivity index (χ2v) is 9.22. The highest BCUT2D eigenvalue weighted by atomic mass is 32.1. The Morgan fingerprint density at radius 1 is 0.941 bits per heavy atom. The summed E-state index contributed by atoms with van der Waals surface area (Å²) in [5.41, 5.74) is 2.95. The van der Waals surface area contributed by atoms with E-state index in [9.17, 15) is 9.59 Å². The van der Waals surface area contributed by atoms with E-state index in [0.29, 0.717) is 18.0 Å². The quantitative estimate of drug-likeness (QED) is 0.283. The number of benzene rings is 2. The Labute approximate surface area is 205 Å². The molecule has 2 N–H and O–H groups in total. The maximum absolute atomic E-state index is 12.9. The molecule has 34 heavy (non-hydrogen) atoms. The fourth-order valence-corrected chi connectivity index (χ4v) is 5.06. The van der Waals surface area contributed by atoms with Crippen LogP contribution in [0.5, 0.6) is 0 Å². The topological polar surface area (TPSA) is 89.5 Å². The minimum atomic E-state index is -0.584. The molecule has 0 bridgehead atoms. The molecule has 4 rings (SSSR count). The number of nitrogens with one attached hydrogen (secondary N) is 2. The average molecular weight is 494 g/mol. The molecule has 0 spiro atoms. The van der Waals surface area contributed by atoms with Gasteiger partial charge in [0.15, 0.2) is 0 Å². The summed E-state index contributed by atoms with van der Waals surface area (Å²) in [7, 11) is 1.53. The Hall–Kier alpha value is -3.53. The van der Waals surface area contributed by atoms with Gasteiger partial charge in [-0.3, -0.25) is 10.1 Å². The average Bonchev–Trinajstić information content (AvgIpc) is 3.50. The number of thiophene rings is 1. The lowest BCUT2D eigenvalue weighted by atomic mass is 10.2. The summed E-state index contributed by atoms with van der Waals surface area (Å²) in [4.78, 5) is 31.5. The fourth-order valence-electron chi connectivity index (χ4n) is 3.18. The predicted molar refractivity (Wildman–Crippen MR) is 136 cm³/mol. The molecule has 2 aromatic carbocycles. The van der Waals surface area contributed by atoms with Crippen molar-refractivity contribution in [1.29, 1.82) is 0 Å².